The largest absolute Gasteiger partial charge is 0.416 e. The zero-order valence-corrected chi connectivity index (χ0v) is 24.7. The summed E-state index contributed by atoms with van der Waals surface area (Å²) >= 11 is 1.43. The zero-order chi connectivity index (χ0) is 32.6. The molecule has 0 atom stereocenters. The van der Waals surface area contributed by atoms with Crippen molar-refractivity contribution >= 4 is 17.3 Å². The van der Waals surface area contributed by atoms with Crippen LogP contribution in [0, 0.1) is 5.92 Å². The van der Waals surface area contributed by atoms with E-state index < -0.39 is 53.9 Å². The van der Waals surface area contributed by atoms with E-state index in [9.17, 15) is 39.5 Å². The molecular weight excluding hydrogens is 623 g/mol. The number of aryl methyl sites for hydroxylation is 2. The lowest BCUT2D eigenvalue weighted by molar-refractivity contribution is -0.143. The van der Waals surface area contributed by atoms with Gasteiger partial charge in [-0.3, -0.25) is 0 Å². The van der Waals surface area contributed by atoms with Crippen molar-refractivity contribution < 1.29 is 39.5 Å². The van der Waals surface area contributed by atoms with Crippen LogP contribution in [0.25, 0.3) is 11.3 Å². The van der Waals surface area contributed by atoms with Gasteiger partial charge in [-0.1, -0.05) is 31.9 Å². The number of halogens is 9. The van der Waals surface area contributed by atoms with E-state index in [-0.39, 0.29) is 23.5 Å². The number of anilines is 1. The lowest BCUT2D eigenvalue weighted by Crippen LogP contribution is -2.25. The van der Waals surface area contributed by atoms with Crippen molar-refractivity contribution in [3.8, 4) is 11.3 Å². The molecule has 2 aromatic carbocycles. The highest BCUT2D eigenvalue weighted by molar-refractivity contribution is 7.12. The van der Waals surface area contributed by atoms with Crippen LogP contribution in [-0.4, -0.2) is 25.2 Å². The Hall–Kier alpha value is -3.69. The molecule has 238 valence electrons. The SMILES string of the molecule is CCc1sc(CC(C)C)nc1-c1ccc(C(F)(F)F)cc1CN(Cc1cc(C(F)(F)F)cc(C(F)(F)F)c1)c1nnn(C)n1. The summed E-state index contributed by atoms with van der Waals surface area (Å²) in [6, 6.07) is 4.20. The van der Waals surface area contributed by atoms with E-state index in [4.69, 9.17) is 4.98 Å². The van der Waals surface area contributed by atoms with Crippen molar-refractivity contribution in [3.63, 3.8) is 0 Å². The summed E-state index contributed by atoms with van der Waals surface area (Å²) in [7, 11) is 1.38. The van der Waals surface area contributed by atoms with Gasteiger partial charge in [-0.2, -0.15) is 44.3 Å². The maximum atomic E-state index is 13.8. The maximum absolute atomic E-state index is 13.8. The van der Waals surface area contributed by atoms with Gasteiger partial charge in [0, 0.05) is 30.0 Å². The van der Waals surface area contributed by atoms with Gasteiger partial charge in [-0.15, -0.1) is 16.4 Å². The van der Waals surface area contributed by atoms with Crippen molar-refractivity contribution in [2.24, 2.45) is 13.0 Å². The Bertz CT molecular complexity index is 1570. The van der Waals surface area contributed by atoms with E-state index in [0.717, 1.165) is 26.8 Å². The fourth-order valence-corrected chi connectivity index (χ4v) is 5.79. The number of thiazole rings is 1. The number of aromatic nitrogens is 5. The summed E-state index contributed by atoms with van der Waals surface area (Å²) < 4.78 is 123. The number of alkyl halides is 9. The molecule has 0 spiro atoms. The third-order valence-electron chi connectivity index (χ3n) is 6.50. The average molecular weight is 651 g/mol. The number of hydrogen-bond donors (Lipinski definition) is 0. The van der Waals surface area contributed by atoms with Crippen LogP contribution >= 0.6 is 11.3 Å². The van der Waals surface area contributed by atoms with Gasteiger partial charge in [0.2, 0.25) is 0 Å². The normalized spacial score (nSPS) is 12.8. The minimum Gasteiger partial charge on any atom is -0.330 e. The van der Waals surface area contributed by atoms with Gasteiger partial charge >= 0.3 is 18.5 Å². The van der Waals surface area contributed by atoms with Crippen molar-refractivity contribution in [3.05, 3.63) is 74.1 Å². The van der Waals surface area contributed by atoms with E-state index in [1.165, 1.54) is 29.4 Å². The average Bonchev–Trinajstić information content (AvgIpc) is 3.52. The van der Waals surface area contributed by atoms with Gasteiger partial charge in [0.1, 0.15) is 0 Å². The molecule has 2 aromatic heterocycles. The molecule has 0 aliphatic carbocycles. The van der Waals surface area contributed by atoms with Crippen LogP contribution in [-0.2, 0) is 51.5 Å². The fraction of sp³-hybridized carbons (Fsp3) is 0.429. The molecule has 0 N–H and O–H groups in total. The molecule has 0 amide bonds. The molecule has 4 rings (SSSR count). The zero-order valence-electron chi connectivity index (χ0n) is 23.9. The van der Waals surface area contributed by atoms with Crippen LogP contribution in [0.2, 0.25) is 0 Å². The van der Waals surface area contributed by atoms with Crippen LogP contribution in [0.5, 0.6) is 0 Å². The van der Waals surface area contributed by atoms with Gasteiger partial charge in [0.15, 0.2) is 0 Å². The molecule has 0 radical (unpaired) electrons. The van der Waals surface area contributed by atoms with Gasteiger partial charge in [-0.25, -0.2) is 4.98 Å². The molecule has 0 saturated carbocycles. The summed E-state index contributed by atoms with van der Waals surface area (Å²) in [6.45, 7) is 4.86. The Balaban J connectivity index is 1.87. The highest BCUT2D eigenvalue weighted by Gasteiger charge is 2.37. The summed E-state index contributed by atoms with van der Waals surface area (Å²) in [5.74, 6) is 0.0503. The number of benzene rings is 2. The fourth-order valence-electron chi connectivity index (χ4n) is 4.55. The molecule has 0 bridgehead atoms. The second-order valence-electron chi connectivity index (χ2n) is 10.5. The molecular formula is C28H27F9N6S. The van der Waals surface area contributed by atoms with Crippen LogP contribution in [0.1, 0.15) is 58.5 Å². The Kier molecular flexibility index (Phi) is 9.33. The van der Waals surface area contributed by atoms with E-state index in [0.29, 0.717) is 36.2 Å². The van der Waals surface area contributed by atoms with E-state index in [2.05, 4.69) is 15.4 Å². The number of hydrogen-bond acceptors (Lipinski definition) is 6. The number of nitrogens with zero attached hydrogens (tertiary/aromatic N) is 6. The molecule has 0 unspecified atom stereocenters. The van der Waals surface area contributed by atoms with E-state index >= 15 is 0 Å². The molecule has 4 aromatic rings. The Morgan fingerprint density at radius 2 is 1.45 bits per heavy atom. The summed E-state index contributed by atoms with van der Waals surface area (Å²) in [6.07, 6.45) is -13.7. The van der Waals surface area contributed by atoms with Gasteiger partial charge in [-0.05, 0) is 59.0 Å². The third-order valence-corrected chi connectivity index (χ3v) is 7.72. The number of rotatable bonds is 9. The Morgan fingerprint density at radius 3 is 1.95 bits per heavy atom. The molecule has 6 nitrogen and oxygen atoms in total. The molecule has 0 saturated heterocycles. The summed E-state index contributed by atoms with van der Waals surface area (Å²) in [5, 5.41) is 12.4. The van der Waals surface area contributed by atoms with E-state index in [1.807, 2.05) is 20.8 Å². The smallest absolute Gasteiger partial charge is 0.330 e. The first-order valence-electron chi connectivity index (χ1n) is 13.3. The van der Waals surface area contributed by atoms with Gasteiger partial charge in [0.25, 0.3) is 5.95 Å². The molecule has 2 heterocycles. The van der Waals surface area contributed by atoms with Crippen molar-refractivity contribution in [1.29, 1.82) is 0 Å². The molecule has 16 heteroatoms. The monoisotopic (exact) mass is 650 g/mol. The molecule has 0 aliphatic heterocycles. The Morgan fingerprint density at radius 1 is 0.841 bits per heavy atom. The third kappa shape index (κ3) is 7.87. The van der Waals surface area contributed by atoms with E-state index in [1.54, 1.807) is 0 Å². The quantitative estimate of drug-likeness (QED) is 0.171. The Labute approximate surface area is 250 Å². The topological polar surface area (TPSA) is 59.7 Å². The van der Waals surface area contributed by atoms with Crippen molar-refractivity contribution in [1.82, 2.24) is 25.2 Å². The van der Waals surface area contributed by atoms with Crippen molar-refractivity contribution in [2.75, 3.05) is 4.90 Å². The lowest BCUT2D eigenvalue weighted by atomic mass is 9.98. The molecule has 0 fully saturated rings. The van der Waals surface area contributed by atoms with Gasteiger partial charge < -0.3 is 4.90 Å². The minimum atomic E-state index is -5.09. The summed E-state index contributed by atoms with van der Waals surface area (Å²) in [5.41, 5.74) is -3.57. The highest BCUT2D eigenvalue weighted by atomic mass is 32.1. The van der Waals surface area contributed by atoms with Crippen LogP contribution in [0.4, 0.5) is 45.5 Å². The molecule has 0 aliphatic rings. The predicted octanol–water partition coefficient (Wildman–Crippen LogP) is 8.36. The summed E-state index contributed by atoms with van der Waals surface area (Å²) in [4.78, 5) is 7.71. The first kappa shape index (κ1) is 33.2. The second kappa shape index (κ2) is 12.4. The van der Waals surface area contributed by atoms with Gasteiger partial charge in [0.05, 0.1) is 34.4 Å². The van der Waals surface area contributed by atoms with Crippen LogP contribution in [0.3, 0.4) is 0 Å². The first-order chi connectivity index (χ1) is 20.3. The van der Waals surface area contributed by atoms with Crippen LogP contribution < -0.4 is 4.90 Å². The first-order valence-corrected chi connectivity index (χ1v) is 14.1. The molecule has 44 heavy (non-hydrogen) atoms. The second-order valence-corrected chi connectivity index (χ2v) is 11.7. The lowest BCUT2D eigenvalue weighted by Gasteiger charge is -2.24. The standard InChI is InChI=1S/C28H27F9N6S/c1-5-22-24(38-23(44-22)8-15(2)3)21-7-6-18(26(29,30)31)11-17(21)14-43(25-39-41-42(4)40-25)13-16-9-19(27(32,33)34)12-20(10-16)28(35,36)37/h6-7,9-12,15H,5,8,13-14H2,1-4H3. The predicted molar refractivity (Wildman–Crippen MR) is 146 cm³/mol. The number of tetrazole rings is 1. The maximum Gasteiger partial charge on any atom is 0.416 e. The van der Waals surface area contributed by atoms with Crippen LogP contribution in [0.15, 0.2) is 36.4 Å². The highest BCUT2D eigenvalue weighted by Crippen LogP contribution is 2.39. The van der Waals surface area contributed by atoms with Crippen molar-refractivity contribution in [2.45, 2.75) is 65.2 Å². The minimum absolute atomic E-state index is 0.00256.